The van der Waals surface area contributed by atoms with Crippen LogP contribution in [0.5, 0.6) is 5.75 Å². The summed E-state index contributed by atoms with van der Waals surface area (Å²) in [5.41, 5.74) is 5.46. The first kappa shape index (κ1) is 30.5. The largest absolute Gasteiger partial charge is 0.495 e. The van der Waals surface area contributed by atoms with Crippen LogP contribution in [0.4, 0.5) is 21.0 Å². The molecule has 0 aromatic heterocycles. The Hall–Kier alpha value is -3.95. The molecule has 0 aliphatic carbocycles. The van der Waals surface area contributed by atoms with Crippen molar-refractivity contribution >= 4 is 35.1 Å². The van der Waals surface area contributed by atoms with E-state index in [0.717, 1.165) is 33.5 Å². The van der Waals surface area contributed by atoms with E-state index in [9.17, 15) is 14.7 Å². The second kappa shape index (κ2) is 12.3. The van der Waals surface area contributed by atoms with Crippen LogP contribution >= 0.6 is 11.6 Å². The highest BCUT2D eigenvalue weighted by Gasteiger charge is 2.29. The Labute approximate surface area is 258 Å². The topological polar surface area (TPSA) is 85.8 Å². The lowest BCUT2D eigenvalue weighted by Crippen LogP contribution is -2.50. The maximum atomic E-state index is 12.6. The summed E-state index contributed by atoms with van der Waals surface area (Å²) in [5, 5.41) is 10.6. The summed E-state index contributed by atoms with van der Waals surface area (Å²) in [7, 11) is 3.43. The summed E-state index contributed by atoms with van der Waals surface area (Å²) in [4.78, 5) is 32.4. The van der Waals surface area contributed by atoms with E-state index in [1.54, 1.807) is 28.9 Å². The van der Waals surface area contributed by atoms with Crippen LogP contribution in [-0.2, 0) is 11.3 Å². The highest BCUT2D eigenvalue weighted by molar-refractivity contribution is 6.34. The summed E-state index contributed by atoms with van der Waals surface area (Å²) >= 11 is 6.71. The van der Waals surface area contributed by atoms with Gasteiger partial charge in [-0.05, 0) is 50.1 Å². The highest BCUT2D eigenvalue weighted by Crippen LogP contribution is 2.42. The Balaban J connectivity index is 1.43. The van der Waals surface area contributed by atoms with Crippen molar-refractivity contribution in [1.29, 1.82) is 0 Å². The van der Waals surface area contributed by atoms with Crippen LogP contribution in [0.2, 0.25) is 5.02 Å². The summed E-state index contributed by atoms with van der Waals surface area (Å²) in [5.74, 6) is 0.695. The van der Waals surface area contributed by atoms with Crippen molar-refractivity contribution in [3.05, 3.63) is 65.2 Å². The van der Waals surface area contributed by atoms with Gasteiger partial charge in [0.15, 0.2) is 0 Å². The molecule has 3 aromatic carbocycles. The fraction of sp³-hybridized carbons (Fsp3) is 0.394. The Bertz CT molecular complexity index is 1510. The number of anilines is 2. The van der Waals surface area contributed by atoms with Crippen molar-refractivity contribution in [2.75, 3.05) is 63.2 Å². The van der Waals surface area contributed by atoms with Crippen LogP contribution in [0.1, 0.15) is 26.3 Å². The number of carbonyl (C=O) groups is 2. The third kappa shape index (κ3) is 6.38. The summed E-state index contributed by atoms with van der Waals surface area (Å²) < 4.78 is 11.5. The van der Waals surface area contributed by atoms with Gasteiger partial charge in [-0.15, -0.1) is 0 Å². The standard InChI is InChI=1S/C33H39ClN4O5/c1-33(2,3)43-32(41)37-16-14-36(15-17-37)29-20-23(9-10-24(29)21-39)26-8-6-7-25(30(26)42-5)22-11-12-28(27(34)19-22)38-18-13-35(4)31(38)40/h6-12,19-20,39H,13-18,21H2,1-5H3. The van der Waals surface area contributed by atoms with Gasteiger partial charge in [-0.3, -0.25) is 4.90 Å². The van der Waals surface area contributed by atoms with Gasteiger partial charge in [0.05, 0.1) is 24.4 Å². The third-order valence-electron chi connectivity index (χ3n) is 7.82. The van der Waals surface area contributed by atoms with E-state index in [1.807, 2.05) is 69.3 Å². The maximum absolute atomic E-state index is 12.6. The number of hydrogen-bond acceptors (Lipinski definition) is 6. The van der Waals surface area contributed by atoms with Gasteiger partial charge in [0.25, 0.3) is 0 Å². The molecule has 2 heterocycles. The minimum atomic E-state index is -0.544. The molecule has 0 saturated carbocycles. The number of carbonyl (C=O) groups excluding carboxylic acids is 2. The lowest BCUT2D eigenvalue weighted by Gasteiger charge is -2.37. The average Bonchev–Trinajstić information content (AvgIpc) is 3.32. The van der Waals surface area contributed by atoms with E-state index in [2.05, 4.69) is 11.0 Å². The van der Waals surface area contributed by atoms with Gasteiger partial charge in [0.1, 0.15) is 11.4 Å². The number of likely N-dealkylation sites (N-methyl/N-ethyl adjacent to an activating group) is 1. The molecule has 10 heteroatoms. The average molecular weight is 607 g/mol. The van der Waals surface area contributed by atoms with Crippen LogP contribution in [0.25, 0.3) is 22.3 Å². The van der Waals surface area contributed by atoms with Gasteiger partial charge in [-0.1, -0.05) is 48.0 Å². The molecule has 2 aliphatic heterocycles. The molecular formula is C33H39ClN4O5. The van der Waals surface area contributed by atoms with Crippen molar-refractivity contribution in [2.24, 2.45) is 0 Å². The summed E-state index contributed by atoms with van der Waals surface area (Å²) in [6, 6.07) is 17.6. The predicted molar refractivity (Wildman–Crippen MR) is 170 cm³/mol. The number of methoxy groups -OCH3 is 1. The number of halogens is 1. The van der Waals surface area contributed by atoms with Crippen LogP contribution < -0.4 is 14.5 Å². The smallest absolute Gasteiger partial charge is 0.410 e. The third-order valence-corrected chi connectivity index (χ3v) is 8.13. The molecule has 2 fully saturated rings. The van der Waals surface area contributed by atoms with E-state index < -0.39 is 5.60 Å². The molecule has 0 radical (unpaired) electrons. The van der Waals surface area contributed by atoms with Crippen LogP contribution in [-0.4, -0.2) is 86.1 Å². The SMILES string of the molecule is COc1c(-c2ccc(N3CCN(C)C3=O)c(Cl)c2)cccc1-c1ccc(CO)c(N2CCN(C(=O)OC(C)(C)C)CC2)c1. The number of para-hydroxylation sites is 1. The first-order chi connectivity index (χ1) is 20.5. The number of nitrogens with zero attached hydrogens (tertiary/aromatic N) is 4. The number of aliphatic hydroxyl groups is 1. The first-order valence-corrected chi connectivity index (χ1v) is 14.8. The Morgan fingerprint density at radius 1 is 0.907 bits per heavy atom. The van der Waals surface area contributed by atoms with Gasteiger partial charge in [-0.25, -0.2) is 9.59 Å². The molecule has 228 valence electrons. The van der Waals surface area contributed by atoms with Gasteiger partial charge < -0.3 is 29.3 Å². The van der Waals surface area contributed by atoms with E-state index >= 15 is 0 Å². The van der Waals surface area contributed by atoms with Crippen molar-refractivity contribution in [2.45, 2.75) is 33.0 Å². The van der Waals surface area contributed by atoms with Crippen LogP contribution in [0, 0.1) is 0 Å². The summed E-state index contributed by atoms with van der Waals surface area (Å²) in [6.07, 6.45) is -0.308. The zero-order chi connectivity index (χ0) is 30.9. The molecule has 5 rings (SSSR count). The maximum Gasteiger partial charge on any atom is 0.410 e. The minimum absolute atomic E-state index is 0.0670. The monoisotopic (exact) mass is 606 g/mol. The molecule has 3 amide bonds. The molecule has 0 spiro atoms. The number of ether oxygens (including phenoxy) is 2. The molecule has 2 aliphatic rings. The molecule has 43 heavy (non-hydrogen) atoms. The lowest BCUT2D eigenvalue weighted by atomic mass is 9.95. The molecule has 9 nitrogen and oxygen atoms in total. The molecule has 0 bridgehead atoms. The molecule has 0 atom stereocenters. The first-order valence-electron chi connectivity index (χ1n) is 14.5. The second-order valence-electron chi connectivity index (χ2n) is 11.9. The molecule has 3 aromatic rings. The number of rotatable bonds is 6. The van der Waals surface area contributed by atoms with Gasteiger partial charge >= 0.3 is 12.1 Å². The molecule has 1 N–H and O–H groups in total. The Morgan fingerprint density at radius 3 is 2.12 bits per heavy atom. The number of amides is 3. The van der Waals surface area contributed by atoms with Crippen molar-refractivity contribution in [1.82, 2.24) is 9.80 Å². The number of urea groups is 1. The number of benzene rings is 3. The van der Waals surface area contributed by atoms with E-state index in [-0.39, 0.29) is 18.7 Å². The fourth-order valence-electron chi connectivity index (χ4n) is 5.59. The molecular weight excluding hydrogens is 568 g/mol. The Morgan fingerprint density at radius 2 is 1.56 bits per heavy atom. The van der Waals surface area contributed by atoms with Crippen molar-refractivity contribution < 1.29 is 24.2 Å². The van der Waals surface area contributed by atoms with Gasteiger partial charge in [0.2, 0.25) is 0 Å². The normalized spacial score (nSPS) is 15.7. The van der Waals surface area contributed by atoms with E-state index in [4.69, 9.17) is 21.1 Å². The quantitative estimate of drug-likeness (QED) is 0.365. The van der Waals surface area contributed by atoms with E-state index in [0.29, 0.717) is 55.7 Å². The highest BCUT2D eigenvalue weighted by atomic mass is 35.5. The molecule has 0 unspecified atom stereocenters. The van der Waals surface area contributed by atoms with E-state index in [1.165, 1.54) is 0 Å². The second-order valence-corrected chi connectivity index (χ2v) is 12.3. The number of piperazine rings is 1. The molecule has 2 saturated heterocycles. The number of aliphatic hydroxyl groups excluding tert-OH is 1. The lowest BCUT2D eigenvalue weighted by molar-refractivity contribution is 0.0240. The summed E-state index contributed by atoms with van der Waals surface area (Å²) in [6.45, 7) is 9.03. The van der Waals surface area contributed by atoms with Crippen LogP contribution in [0.15, 0.2) is 54.6 Å². The zero-order valence-electron chi connectivity index (χ0n) is 25.4. The van der Waals surface area contributed by atoms with Gasteiger partial charge in [0, 0.05) is 68.7 Å². The number of hydrogen-bond donors (Lipinski definition) is 1. The van der Waals surface area contributed by atoms with Crippen molar-refractivity contribution in [3.63, 3.8) is 0 Å². The van der Waals surface area contributed by atoms with Gasteiger partial charge in [-0.2, -0.15) is 0 Å². The predicted octanol–water partition coefficient (Wildman–Crippen LogP) is 6.10. The van der Waals surface area contributed by atoms with Crippen molar-refractivity contribution in [3.8, 4) is 28.0 Å². The fourth-order valence-corrected chi connectivity index (χ4v) is 5.87. The Kier molecular flexibility index (Phi) is 8.76. The minimum Gasteiger partial charge on any atom is -0.495 e. The zero-order valence-corrected chi connectivity index (χ0v) is 26.1. The van der Waals surface area contributed by atoms with Crippen LogP contribution in [0.3, 0.4) is 0 Å².